The molecule has 0 aliphatic heterocycles. The van der Waals surface area contributed by atoms with Crippen molar-refractivity contribution in [2.24, 2.45) is 7.05 Å². The average Bonchev–Trinajstić information content (AvgIpc) is 2.64. The van der Waals surface area contributed by atoms with E-state index >= 15 is 0 Å². The maximum absolute atomic E-state index is 11.8. The highest BCUT2D eigenvalue weighted by Crippen LogP contribution is 2.08. The van der Waals surface area contributed by atoms with Gasteiger partial charge >= 0.3 is 0 Å². The Morgan fingerprint density at radius 1 is 1.50 bits per heavy atom. The third-order valence-corrected chi connectivity index (χ3v) is 2.19. The molecule has 0 aliphatic rings. The molecule has 2 heterocycles. The fraction of sp³-hybridized carbons (Fsp3) is 0.182. The Morgan fingerprint density at radius 3 is 2.94 bits per heavy atom. The summed E-state index contributed by atoms with van der Waals surface area (Å²) in [6.45, 7) is 1.85. The van der Waals surface area contributed by atoms with Crippen LogP contribution in [0, 0.1) is 6.92 Å². The van der Waals surface area contributed by atoms with Crippen LogP contribution in [0.25, 0.3) is 0 Å². The number of aromatic nitrogens is 3. The highest BCUT2D eigenvalue weighted by molar-refractivity contribution is 6.03. The van der Waals surface area contributed by atoms with Gasteiger partial charge in [0.2, 0.25) is 0 Å². The number of carbonyl (C=O) groups is 1. The Hall–Kier alpha value is -2.17. The van der Waals surface area contributed by atoms with Crippen molar-refractivity contribution in [3.63, 3.8) is 0 Å². The van der Waals surface area contributed by atoms with Gasteiger partial charge in [0.1, 0.15) is 5.69 Å². The monoisotopic (exact) mass is 216 g/mol. The van der Waals surface area contributed by atoms with Gasteiger partial charge in [-0.05, 0) is 18.6 Å². The second kappa shape index (κ2) is 4.14. The van der Waals surface area contributed by atoms with E-state index in [1.54, 1.807) is 36.4 Å². The molecule has 0 bridgehead atoms. The number of hydrogen-bond acceptors (Lipinski definition) is 3. The van der Waals surface area contributed by atoms with Crippen molar-refractivity contribution in [3.8, 4) is 0 Å². The summed E-state index contributed by atoms with van der Waals surface area (Å²) in [4.78, 5) is 15.9. The molecule has 2 aromatic rings. The van der Waals surface area contributed by atoms with Gasteiger partial charge in [0, 0.05) is 19.4 Å². The summed E-state index contributed by atoms with van der Waals surface area (Å²) in [6, 6.07) is 3.65. The van der Waals surface area contributed by atoms with Crippen molar-refractivity contribution in [2.45, 2.75) is 6.92 Å². The summed E-state index contributed by atoms with van der Waals surface area (Å²) in [5.41, 5.74) is 1.95. The lowest BCUT2D eigenvalue weighted by Crippen LogP contribution is -2.14. The van der Waals surface area contributed by atoms with Crippen LogP contribution in [0.15, 0.2) is 30.7 Å². The second-order valence-corrected chi connectivity index (χ2v) is 3.53. The molecule has 0 atom stereocenters. The zero-order valence-electron chi connectivity index (χ0n) is 9.14. The number of carbonyl (C=O) groups excluding carboxylic acids is 1. The molecule has 0 radical (unpaired) electrons. The molecule has 0 spiro atoms. The van der Waals surface area contributed by atoms with E-state index in [4.69, 9.17) is 0 Å². The molecule has 2 aromatic heterocycles. The Morgan fingerprint density at radius 2 is 2.31 bits per heavy atom. The van der Waals surface area contributed by atoms with Crippen LogP contribution in [0.3, 0.4) is 0 Å². The van der Waals surface area contributed by atoms with Gasteiger partial charge in [0.05, 0.1) is 11.9 Å². The number of nitrogens with zero attached hydrogens (tertiary/aromatic N) is 3. The van der Waals surface area contributed by atoms with Crippen molar-refractivity contribution in [1.82, 2.24) is 14.8 Å². The van der Waals surface area contributed by atoms with E-state index in [1.807, 2.05) is 13.0 Å². The summed E-state index contributed by atoms with van der Waals surface area (Å²) in [5, 5.41) is 6.70. The molecule has 0 saturated carbocycles. The molecule has 0 aromatic carbocycles. The first kappa shape index (κ1) is 10.4. The molecule has 82 valence electrons. The van der Waals surface area contributed by atoms with Crippen molar-refractivity contribution in [2.75, 3.05) is 5.32 Å². The van der Waals surface area contributed by atoms with Crippen molar-refractivity contribution < 1.29 is 4.79 Å². The van der Waals surface area contributed by atoms with Crippen molar-refractivity contribution in [3.05, 3.63) is 42.0 Å². The van der Waals surface area contributed by atoms with Crippen molar-refractivity contribution in [1.29, 1.82) is 0 Å². The Balaban J connectivity index is 2.18. The first-order chi connectivity index (χ1) is 7.66. The Labute approximate surface area is 93.1 Å². The van der Waals surface area contributed by atoms with Crippen LogP contribution in [0.5, 0.6) is 0 Å². The summed E-state index contributed by atoms with van der Waals surface area (Å²) in [5.74, 6) is -0.217. The van der Waals surface area contributed by atoms with E-state index < -0.39 is 0 Å². The SMILES string of the molecule is Cc1cccnc1C(=O)Nc1cnn(C)c1. The van der Waals surface area contributed by atoms with Gasteiger partial charge in [-0.1, -0.05) is 6.07 Å². The standard InChI is InChI=1S/C11H12N4O/c1-8-4-3-5-12-10(8)11(16)14-9-6-13-15(2)7-9/h3-7H,1-2H3,(H,14,16). The zero-order chi connectivity index (χ0) is 11.5. The molecule has 1 amide bonds. The van der Waals surface area contributed by atoms with Gasteiger partial charge in [-0.25, -0.2) is 0 Å². The van der Waals surface area contributed by atoms with E-state index in [2.05, 4.69) is 15.4 Å². The Kier molecular flexibility index (Phi) is 2.68. The second-order valence-electron chi connectivity index (χ2n) is 3.53. The summed E-state index contributed by atoms with van der Waals surface area (Å²) >= 11 is 0. The molecular formula is C11H12N4O. The van der Waals surface area contributed by atoms with Crippen LogP contribution < -0.4 is 5.32 Å². The smallest absolute Gasteiger partial charge is 0.274 e. The van der Waals surface area contributed by atoms with E-state index in [0.717, 1.165) is 5.56 Å². The highest BCUT2D eigenvalue weighted by atomic mass is 16.1. The lowest BCUT2D eigenvalue weighted by molar-refractivity contribution is 0.102. The molecule has 5 nitrogen and oxygen atoms in total. The molecule has 16 heavy (non-hydrogen) atoms. The van der Waals surface area contributed by atoms with Crippen LogP contribution in [-0.4, -0.2) is 20.7 Å². The minimum Gasteiger partial charge on any atom is -0.318 e. The maximum atomic E-state index is 11.8. The van der Waals surface area contributed by atoms with Crippen LogP contribution in [0.4, 0.5) is 5.69 Å². The quantitative estimate of drug-likeness (QED) is 0.824. The number of anilines is 1. The van der Waals surface area contributed by atoms with Gasteiger partial charge in [0.15, 0.2) is 0 Å². The maximum Gasteiger partial charge on any atom is 0.274 e. The Bertz CT molecular complexity index is 518. The molecule has 2 rings (SSSR count). The number of hydrogen-bond donors (Lipinski definition) is 1. The molecule has 0 unspecified atom stereocenters. The number of pyridine rings is 1. The van der Waals surface area contributed by atoms with Crippen LogP contribution >= 0.6 is 0 Å². The number of rotatable bonds is 2. The number of nitrogens with one attached hydrogen (secondary N) is 1. The number of amides is 1. The minimum atomic E-state index is -0.217. The summed E-state index contributed by atoms with van der Waals surface area (Å²) in [6.07, 6.45) is 4.93. The fourth-order valence-corrected chi connectivity index (χ4v) is 1.40. The van der Waals surface area contributed by atoms with Gasteiger partial charge in [-0.3, -0.25) is 14.5 Å². The van der Waals surface area contributed by atoms with Crippen LogP contribution in [-0.2, 0) is 7.05 Å². The van der Waals surface area contributed by atoms with E-state index in [0.29, 0.717) is 11.4 Å². The van der Waals surface area contributed by atoms with Gasteiger partial charge in [0.25, 0.3) is 5.91 Å². The first-order valence-corrected chi connectivity index (χ1v) is 4.88. The molecule has 0 saturated heterocycles. The lowest BCUT2D eigenvalue weighted by Gasteiger charge is -2.03. The molecule has 1 N–H and O–H groups in total. The van der Waals surface area contributed by atoms with Crippen molar-refractivity contribution >= 4 is 11.6 Å². The zero-order valence-corrected chi connectivity index (χ0v) is 9.14. The predicted molar refractivity (Wildman–Crippen MR) is 60.1 cm³/mol. The van der Waals surface area contributed by atoms with E-state index in [9.17, 15) is 4.79 Å². The average molecular weight is 216 g/mol. The summed E-state index contributed by atoms with van der Waals surface area (Å²) < 4.78 is 1.63. The fourth-order valence-electron chi connectivity index (χ4n) is 1.40. The first-order valence-electron chi connectivity index (χ1n) is 4.88. The molecule has 0 aliphatic carbocycles. The van der Waals surface area contributed by atoms with Gasteiger partial charge < -0.3 is 5.32 Å². The summed E-state index contributed by atoms with van der Waals surface area (Å²) in [7, 11) is 1.79. The normalized spacial score (nSPS) is 10.1. The lowest BCUT2D eigenvalue weighted by atomic mass is 10.2. The molecule has 5 heteroatoms. The number of aryl methyl sites for hydroxylation is 2. The topological polar surface area (TPSA) is 59.8 Å². The van der Waals surface area contributed by atoms with Gasteiger partial charge in [-0.15, -0.1) is 0 Å². The third kappa shape index (κ3) is 2.08. The van der Waals surface area contributed by atoms with Crippen LogP contribution in [0.2, 0.25) is 0 Å². The van der Waals surface area contributed by atoms with Crippen LogP contribution in [0.1, 0.15) is 16.1 Å². The molecule has 0 fully saturated rings. The predicted octanol–water partition coefficient (Wildman–Crippen LogP) is 1.38. The minimum absolute atomic E-state index is 0.217. The third-order valence-electron chi connectivity index (χ3n) is 2.19. The largest absolute Gasteiger partial charge is 0.318 e. The van der Waals surface area contributed by atoms with E-state index in [-0.39, 0.29) is 5.91 Å². The highest BCUT2D eigenvalue weighted by Gasteiger charge is 2.10. The van der Waals surface area contributed by atoms with E-state index in [1.165, 1.54) is 0 Å². The molecular weight excluding hydrogens is 204 g/mol. The van der Waals surface area contributed by atoms with Gasteiger partial charge in [-0.2, -0.15) is 5.10 Å².